The standard InChI is InChI=1S/C26H23FN4O3/c1-15-9-21(16(2)28-22-6-4-3-5-20(22)26(33)34)25-29-23(11-24(32)31(25)12-15)30-13-17-7-8-19(27)10-18(17)14-30/h3-12,16,28H,13-14H2,1-2H3,(H,33,34)/t16-/m0/s1. The molecule has 0 saturated heterocycles. The van der Waals surface area contributed by atoms with Gasteiger partial charge in [0.2, 0.25) is 0 Å². The molecule has 8 heteroatoms. The first-order valence-electron chi connectivity index (χ1n) is 11.0. The number of hydrogen-bond acceptors (Lipinski definition) is 5. The van der Waals surface area contributed by atoms with Gasteiger partial charge in [-0.05, 0) is 60.9 Å². The molecule has 1 aliphatic heterocycles. The highest BCUT2D eigenvalue weighted by Gasteiger charge is 2.23. The van der Waals surface area contributed by atoms with E-state index >= 15 is 0 Å². The van der Waals surface area contributed by atoms with Crippen LogP contribution in [0.1, 0.15) is 45.6 Å². The number of carboxylic acid groups (broad SMARTS) is 1. The average Bonchev–Trinajstić information content (AvgIpc) is 3.22. The summed E-state index contributed by atoms with van der Waals surface area (Å²) in [6.07, 6.45) is 1.74. The lowest BCUT2D eigenvalue weighted by Crippen LogP contribution is -2.23. The van der Waals surface area contributed by atoms with Gasteiger partial charge in [-0.1, -0.05) is 18.2 Å². The lowest BCUT2D eigenvalue weighted by molar-refractivity contribution is 0.0698. The van der Waals surface area contributed by atoms with E-state index in [1.54, 1.807) is 36.5 Å². The number of halogens is 1. The Labute approximate surface area is 195 Å². The summed E-state index contributed by atoms with van der Waals surface area (Å²) in [5.41, 5.74) is 4.45. The van der Waals surface area contributed by atoms with Gasteiger partial charge in [-0.2, -0.15) is 0 Å². The van der Waals surface area contributed by atoms with Crippen LogP contribution in [0, 0.1) is 12.7 Å². The normalized spacial score (nSPS) is 13.7. The number of hydrogen-bond donors (Lipinski definition) is 2. The fourth-order valence-electron chi connectivity index (χ4n) is 4.47. The summed E-state index contributed by atoms with van der Waals surface area (Å²) < 4.78 is 15.2. The molecule has 0 amide bonds. The zero-order valence-electron chi connectivity index (χ0n) is 18.7. The predicted molar refractivity (Wildman–Crippen MR) is 128 cm³/mol. The Hall–Kier alpha value is -4.20. The molecular formula is C26H23FN4O3. The van der Waals surface area contributed by atoms with Crippen molar-refractivity contribution in [1.82, 2.24) is 9.38 Å². The van der Waals surface area contributed by atoms with Gasteiger partial charge >= 0.3 is 5.97 Å². The summed E-state index contributed by atoms with van der Waals surface area (Å²) in [6.45, 7) is 4.81. The first kappa shape index (κ1) is 21.6. The Morgan fingerprint density at radius 1 is 1.12 bits per heavy atom. The molecule has 1 aliphatic rings. The summed E-state index contributed by atoms with van der Waals surface area (Å²) >= 11 is 0. The van der Waals surface area contributed by atoms with E-state index in [0.29, 0.717) is 30.2 Å². The molecule has 0 spiro atoms. The monoisotopic (exact) mass is 458 g/mol. The summed E-state index contributed by atoms with van der Waals surface area (Å²) in [5, 5.41) is 12.8. The van der Waals surface area contributed by atoms with Gasteiger partial charge in [-0.15, -0.1) is 0 Å². The van der Waals surface area contributed by atoms with Gasteiger partial charge in [0.1, 0.15) is 17.3 Å². The minimum atomic E-state index is -1.02. The lowest BCUT2D eigenvalue weighted by atomic mass is 10.1. The Balaban J connectivity index is 1.56. The zero-order valence-corrected chi connectivity index (χ0v) is 18.7. The second kappa shape index (κ2) is 8.30. The second-order valence-electron chi connectivity index (χ2n) is 8.60. The summed E-state index contributed by atoms with van der Waals surface area (Å²) in [4.78, 5) is 31.5. The maximum Gasteiger partial charge on any atom is 0.337 e. The van der Waals surface area contributed by atoms with Crippen LogP contribution in [-0.4, -0.2) is 20.5 Å². The van der Waals surface area contributed by atoms with E-state index in [1.165, 1.54) is 22.6 Å². The van der Waals surface area contributed by atoms with Crippen molar-refractivity contribution < 1.29 is 14.3 Å². The molecule has 7 nitrogen and oxygen atoms in total. The van der Waals surface area contributed by atoms with E-state index in [4.69, 9.17) is 4.98 Å². The fourth-order valence-corrected chi connectivity index (χ4v) is 4.47. The highest BCUT2D eigenvalue weighted by Crippen LogP contribution is 2.29. The van der Waals surface area contributed by atoms with Crippen molar-refractivity contribution in [2.45, 2.75) is 33.0 Å². The number of anilines is 2. The molecule has 4 aromatic rings. The molecule has 0 bridgehead atoms. The molecule has 34 heavy (non-hydrogen) atoms. The molecule has 3 heterocycles. The van der Waals surface area contributed by atoms with Crippen LogP contribution in [0.5, 0.6) is 0 Å². The topological polar surface area (TPSA) is 86.9 Å². The number of aryl methyl sites for hydroxylation is 1. The molecule has 0 radical (unpaired) electrons. The number of fused-ring (bicyclic) bond motifs is 2. The van der Waals surface area contributed by atoms with Crippen molar-refractivity contribution in [1.29, 1.82) is 0 Å². The van der Waals surface area contributed by atoms with Crippen LogP contribution in [0.3, 0.4) is 0 Å². The van der Waals surface area contributed by atoms with Crippen molar-refractivity contribution in [3.63, 3.8) is 0 Å². The average molecular weight is 458 g/mol. The molecule has 0 fully saturated rings. The SMILES string of the molecule is Cc1cc([C@H](C)Nc2ccccc2C(=O)O)c2nc(N3Cc4ccc(F)cc4C3)cc(=O)n2c1. The molecule has 2 aromatic heterocycles. The van der Waals surface area contributed by atoms with Gasteiger partial charge in [0, 0.05) is 36.6 Å². The number of aromatic carboxylic acids is 1. The number of nitrogens with one attached hydrogen (secondary N) is 1. The summed E-state index contributed by atoms with van der Waals surface area (Å²) in [5.74, 6) is -0.789. The molecule has 5 rings (SSSR count). The molecule has 0 saturated carbocycles. The smallest absolute Gasteiger partial charge is 0.337 e. The van der Waals surface area contributed by atoms with Crippen molar-refractivity contribution in [2.75, 3.05) is 10.2 Å². The van der Waals surface area contributed by atoms with Gasteiger partial charge in [0.25, 0.3) is 5.56 Å². The summed E-state index contributed by atoms with van der Waals surface area (Å²) in [6, 6.07) is 14.5. The first-order chi connectivity index (χ1) is 16.3. The number of benzene rings is 2. The number of pyridine rings is 1. The minimum absolute atomic E-state index is 0.166. The second-order valence-corrected chi connectivity index (χ2v) is 8.60. The van der Waals surface area contributed by atoms with Crippen LogP contribution in [0.4, 0.5) is 15.9 Å². The zero-order chi connectivity index (χ0) is 24.0. The van der Waals surface area contributed by atoms with Crippen molar-refractivity contribution in [2.24, 2.45) is 0 Å². The largest absolute Gasteiger partial charge is 0.478 e. The Morgan fingerprint density at radius 2 is 1.88 bits per heavy atom. The number of rotatable bonds is 5. The Morgan fingerprint density at radius 3 is 2.68 bits per heavy atom. The van der Waals surface area contributed by atoms with E-state index in [9.17, 15) is 19.1 Å². The van der Waals surface area contributed by atoms with Gasteiger partial charge < -0.3 is 15.3 Å². The third kappa shape index (κ3) is 3.87. The number of carboxylic acids is 1. The van der Waals surface area contributed by atoms with Gasteiger partial charge in [0.15, 0.2) is 0 Å². The van der Waals surface area contributed by atoms with Gasteiger partial charge in [-0.3, -0.25) is 9.20 Å². The van der Waals surface area contributed by atoms with Gasteiger partial charge in [0.05, 0.1) is 11.6 Å². The minimum Gasteiger partial charge on any atom is -0.478 e. The van der Waals surface area contributed by atoms with Crippen LogP contribution < -0.4 is 15.8 Å². The van der Waals surface area contributed by atoms with Crippen molar-refractivity contribution in [3.05, 3.63) is 105 Å². The molecular weight excluding hydrogens is 435 g/mol. The molecule has 2 aromatic carbocycles. The van der Waals surface area contributed by atoms with Crippen LogP contribution in [-0.2, 0) is 13.1 Å². The van der Waals surface area contributed by atoms with Gasteiger partial charge in [-0.25, -0.2) is 14.2 Å². The van der Waals surface area contributed by atoms with Crippen LogP contribution in [0.15, 0.2) is 65.6 Å². The molecule has 1 atom stereocenters. The Kier molecular flexibility index (Phi) is 5.28. The predicted octanol–water partition coefficient (Wildman–Crippen LogP) is 4.53. The lowest BCUT2D eigenvalue weighted by Gasteiger charge is -2.21. The van der Waals surface area contributed by atoms with E-state index < -0.39 is 5.97 Å². The van der Waals surface area contributed by atoms with Crippen LogP contribution in [0.25, 0.3) is 5.65 Å². The fraction of sp³-hybridized carbons (Fsp3) is 0.192. The third-order valence-corrected chi connectivity index (χ3v) is 6.12. The van der Waals surface area contributed by atoms with E-state index in [-0.39, 0.29) is 23.0 Å². The number of carbonyl (C=O) groups is 1. The number of aromatic nitrogens is 2. The number of para-hydroxylation sites is 1. The van der Waals surface area contributed by atoms with E-state index in [0.717, 1.165) is 22.3 Å². The Bertz CT molecular complexity index is 1500. The van der Waals surface area contributed by atoms with E-state index in [2.05, 4.69) is 5.32 Å². The highest BCUT2D eigenvalue weighted by molar-refractivity contribution is 5.94. The first-order valence-corrected chi connectivity index (χ1v) is 11.0. The molecule has 0 aliphatic carbocycles. The maximum atomic E-state index is 13.7. The quantitative estimate of drug-likeness (QED) is 0.457. The maximum absolute atomic E-state index is 13.7. The molecule has 172 valence electrons. The van der Waals surface area contributed by atoms with Crippen molar-refractivity contribution >= 4 is 23.1 Å². The summed E-state index contributed by atoms with van der Waals surface area (Å²) in [7, 11) is 0. The van der Waals surface area contributed by atoms with Crippen LogP contribution >= 0.6 is 0 Å². The number of nitrogens with zero attached hydrogens (tertiary/aromatic N) is 3. The van der Waals surface area contributed by atoms with Crippen LogP contribution in [0.2, 0.25) is 0 Å². The highest BCUT2D eigenvalue weighted by atomic mass is 19.1. The van der Waals surface area contributed by atoms with Crippen molar-refractivity contribution in [3.8, 4) is 0 Å². The van der Waals surface area contributed by atoms with E-state index in [1.807, 2.05) is 24.8 Å². The molecule has 0 unspecified atom stereocenters. The third-order valence-electron chi connectivity index (χ3n) is 6.12. The molecule has 2 N–H and O–H groups in total.